The zero-order chi connectivity index (χ0) is 11.2. The molecule has 0 aliphatic rings. The third-order valence-electron chi connectivity index (χ3n) is 2.55. The largest absolute Gasteiger partial charge is 0.362 e. The van der Waals surface area contributed by atoms with Crippen LogP contribution in [0.4, 0.5) is 0 Å². The van der Waals surface area contributed by atoms with Gasteiger partial charge in [0.1, 0.15) is 0 Å². The van der Waals surface area contributed by atoms with Crippen LogP contribution in [0.3, 0.4) is 0 Å². The fourth-order valence-electron chi connectivity index (χ4n) is 1.26. The van der Waals surface area contributed by atoms with Crippen molar-refractivity contribution in [2.75, 3.05) is 27.9 Å². The first kappa shape index (κ1) is 14.0. The van der Waals surface area contributed by atoms with Crippen LogP contribution >= 0.6 is 0 Å². The lowest BCUT2D eigenvalue weighted by molar-refractivity contribution is -0.343. The van der Waals surface area contributed by atoms with Gasteiger partial charge in [-0.2, -0.15) is 0 Å². The van der Waals surface area contributed by atoms with Crippen molar-refractivity contribution in [2.45, 2.75) is 24.0 Å². The minimum atomic E-state index is -1.41. The van der Waals surface area contributed by atoms with E-state index in [-0.39, 0.29) is 0 Å². The summed E-state index contributed by atoms with van der Waals surface area (Å²) in [6.07, 6.45) is 1.05. The van der Waals surface area contributed by atoms with Crippen molar-refractivity contribution in [3.05, 3.63) is 0 Å². The lowest BCUT2D eigenvalue weighted by Crippen LogP contribution is -2.58. The van der Waals surface area contributed by atoms with Gasteiger partial charge in [-0.25, -0.2) is 0 Å². The lowest BCUT2D eigenvalue weighted by atomic mass is 10.1. The monoisotopic (exact) mass is 223 g/mol. The maximum atomic E-state index is 10.2. The molecule has 0 aromatic carbocycles. The summed E-state index contributed by atoms with van der Waals surface area (Å²) in [6.45, 7) is 0.497. The molecule has 0 aromatic rings. The lowest BCUT2D eigenvalue weighted by Gasteiger charge is -2.41. The topological polar surface area (TPSA) is 73.9 Å². The molecule has 0 rings (SSSR count). The molecule has 0 saturated heterocycles. The molecule has 0 aliphatic carbocycles. The first-order valence-corrected chi connectivity index (χ1v) is 5.57. The van der Waals surface area contributed by atoms with Crippen LogP contribution in [0.15, 0.2) is 0 Å². The summed E-state index contributed by atoms with van der Waals surface area (Å²) in [5, 5.41) is 10.2. The SMILES string of the molecule is COC(O)(CCCN)C([SiH3])(OC)OC. The van der Waals surface area contributed by atoms with Crippen molar-refractivity contribution in [1.29, 1.82) is 0 Å². The standard InChI is InChI=1S/C8H21NO4Si/c1-11-7(10,5-4-6-9)8(14,12-2)13-3/h10H,4-6,9H2,1-3,14H3. The molecule has 0 bridgehead atoms. The van der Waals surface area contributed by atoms with Gasteiger partial charge in [0.15, 0.2) is 5.41 Å². The molecule has 0 aliphatic heterocycles. The molecule has 0 heterocycles. The smallest absolute Gasteiger partial charge is 0.215 e. The van der Waals surface area contributed by atoms with Crippen molar-refractivity contribution >= 4 is 10.2 Å². The zero-order valence-corrected chi connectivity index (χ0v) is 11.4. The average Bonchev–Trinajstić information content (AvgIpc) is 2.24. The predicted molar refractivity (Wildman–Crippen MR) is 56.9 cm³/mol. The summed E-state index contributed by atoms with van der Waals surface area (Å²) in [5.74, 6) is -1.41. The highest BCUT2D eigenvalue weighted by Gasteiger charge is 2.47. The molecule has 1 atom stereocenters. The second kappa shape index (κ2) is 5.79. The van der Waals surface area contributed by atoms with Gasteiger partial charge in [-0.1, -0.05) is 0 Å². The number of hydrogen-bond acceptors (Lipinski definition) is 5. The summed E-state index contributed by atoms with van der Waals surface area (Å²) in [4.78, 5) is 0. The Hall–Kier alpha value is 0.0169. The normalized spacial score (nSPS) is 16.9. The van der Waals surface area contributed by atoms with E-state index in [4.69, 9.17) is 19.9 Å². The van der Waals surface area contributed by atoms with Crippen molar-refractivity contribution in [2.24, 2.45) is 5.73 Å². The first-order chi connectivity index (χ1) is 6.49. The fraction of sp³-hybridized carbons (Fsp3) is 1.00. The van der Waals surface area contributed by atoms with E-state index < -0.39 is 11.2 Å². The molecule has 86 valence electrons. The van der Waals surface area contributed by atoms with E-state index >= 15 is 0 Å². The number of hydrogen-bond donors (Lipinski definition) is 2. The number of methoxy groups -OCH3 is 3. The van der Waals surface area contributed by atoms with Gasteiger partial charge < -0.3 is 25.1 Å². The van der Waals surface area contributed by atoms with Crippen LogP contribution in [-0.4, -0.2) is 54.4 Å². The van der Waals surface area contributed by atoms with Crippen molar-refractivity contribution in [3.63, 3.8) is 0 Å². The molecule has 0 fully saturated rings. The molecule has 0 spiro atoms. The van der Waals surface area contributed by atoms with Crippen molar-refractivity contribution in [3.8, 4) is 0 Å². The van der Waals surface area contributed by atoms with Crippen LogP contribution in [0, 0.1) is 0 Å². The molecular weight excluding hydrogens is 202 g/mol. The molecule has 5 nitrogen and oxygen atoms in total. The van der Waals surface area contributed by atoms with Crippen LogP contribution in [-0.2, 0) is 14.2 Å². The summed E-state index contributed by atoms with van der Waals surface area (Å²) < 4.78 is 15.4. The summed E-state index contributed by atoms with van der Waals surface area (Å²) in [5.41, 5.74) is 4.33. The van der Waals surface area contributed by atoms with Gasteiger partial charge in [0.05, 0.1) is 10.2 Å². The van der Waals surface area contributed by atoms with E-state index in [0.29, 0.717) is 29.6 Å². The van der Waals surface area contributed by atoms with E-state index in [1.165, 1.54) is 21.3 Å². The number of rotatable bonds is 7. The summed E-state index contributed by atoms with van der Waals surface area (Å²) >= 11 is 0. The van der Waals surface area contributed by atoms with Crippen LogP contribution in [0.1, 0.15) is 12.8 Å². The Morgan fingerprint density at radius 3 is 2.00 bits per heavy atom. The van der Waals surface area contributed by atoms with Crippen molar-refractivity contribution in [1.82, 2.24) is 0 Å². The van der Waals surface area contributed by atoms with Crippen LogP contribution in [0.5, 0.6) is 0 Å². The Kier molecular flexibility index (Phi) is 5.80. The molecule has 14 heavy (non-hydrogen) atoms. The molecule has 6 heteroatoms. The Balaban J connectivity index is 4.62. The minimum absolute atomic E-state index is 0.394. The quantitative estimate of drug-likeness (QED) is 0.400. The highest BCUT2D eigenvalue weighted by molar-refractivity contribution is 6.14. The second-order valence-corrected chi connectivity index (χ2v) is 4.55. The highest BCUT2D eigenvalue weighted by Crippen LogP contribution is 2.28. The zero-order valence-electron chi connectivity index (χ0n) is 9.37. The highest BCUT2D eigenvalue weighted by atomic mass is 28.1. The van der Waals surface area contributed by atoms with Crippen LogP contribution in [0.25, 0.3) is 0 Å². The van der Waals surface area contributed by atoms with E-state index in [2.05, 4.69) is 0 Å². The van der Waals surface area contributed by atoms with E-state index in [1.54, 1.807) is 0 Å². The predicted octanol–water partition coefficient (Wildman–Crippen LogP) is -1.63. The second-order valence-electron chi connectivity index (χ2n) is 3.23. The fourth-order valence-corrected chi connectivity index (χ4v) is 1.71. The maximum Gasteiger partial charge on any atom is 0.215 e. The third kappa shape index (κ3) is 2.75. The van der Waals surface area contributed by atoms with Crippen LogP contribution in [0.2, 0.25) is 0 Å². The van der Waals surface area contributed by atoms with E-state index in [9.17, 15) is 5.11 Å². The molecule has 0 radical (unpaired) electrons. The summed E-state index contributed by atoms with van der Waals surface area (Å²) in [7, 11) is 4.90. The van der Waals surface area contributed by atoms with Gasteiger partial charge in [-0.3, -0.25) is 0 Å². The molecule has 3 N–H and O–H groups in total. The average molecular weight is 223 g/mol. The molecule has 0 amide bonds. The Morgan fingerprint density at radius 2 is 1.71 bits per heavy atom. The van der Waals surface area contributed by atoms with Crippen molar-refractivity contribution < 1.29 is 19.3 Å². The molecule has 0 saturated carbocycles. The summed E-state index contributed by atoms with van der Waals surface area (Å²) in [6, 6.07) is 0. The Morgan fingerprint density at radius 1 is 1.21 bits per heavy atom. The molecule has 0 aromatic heterocycles. The molecule has 1 unspecified atom stereocenters. The van der Waals surface area contributed by atoms with E-state index in [1.807, 2.05) is 0 Å². The molecular formula is C8H21NO4Si. The third-order valence-corrected chi connectivity index (χ3v) is 4.14. The van der Waals surface area contributed by atoms with Gasteiger partial charge in [0.25, 0.3) is 0 Å². The first-order valence-electron chi connectivity index (χ1n) is 4.57. The Bertz CT molecular complexity index is 165. The number of nitrogens with two attached hydrogens (primary N) is 1. The van der Waals surface area contributed by atoms with Gasteiger partial charge >= 0.3 is 0 Å². The van der Waals surface area contributed by atoms with E-state index in [0.717, 1.165) is 0 Å². The van der Waals surface area contributed by atoms with Gasteiger partial charge in [-0.15, -0.1) is 0 Å². The van der Waals surface area contributed by atoms with Crippen LogP contribution < -0.4 is 5.73 Å². The minimum Gasteiger partial charge on any atom is -0.362 e. The number of ether oxygens (including phenoxy) is 3. The maximum absolute atomic E-state index is 10.2. The van der Waals surface area contributed by atoms with Gasteiger partial charge in [0, 0.05) is 27.8 Å². The van der Waals surface area contributed by atoms with Gasteiger partial charge in [-0.05, 0) is 13.0 Å². The number of aliphatic hydroxyl groups is 1. The van der Waals surface area contributed by atoms with Gasteiger partial charge in [0.2, 0.25) is 5.79 Å². The Labute approximate surface area is 87.9 Å².